The van der Waals surface area contributed by atoms with Crippen LogP contribution in [-0.2, 0) is 13.0 Å². The van der Waals surface area contributed by atoms with E-state index in [9.17, 15) is 8.78 Å². The number of hydrogen-bond acceptors (Lipinski definition) is 3. The highest BCUT2D eigenvalue weighted by molar-refractivity contribution is 5.69. The number of nitrogens with zero attached hydrogens (tertiary/aromatic N) is 3. The summed E-state index contributed by atoms with van der Waals surface area (Å²) in [5, 5.41) is 11.6. The number of nitrogen functional groups attached to an aromatic ring is 1. The molecule has 0 spiro atoms. The average Bonchev–Trinajstić information content (AvgIpc) is 3.20. The predicted octanol–water partition coefficient (Wildman–Crippen LogP) is 5.52. The van der Waals surface area contributed by atoms with E-state index in [0.717, 1.165) is 42.6 Å². The molecule has 3 N–H and O–H groups in total. The fourth-order valence-electron chi connectivity index (χ4n) is 3.10. The molecule has 0 unspecified atom stereocenters. The lowest BCUT2D eigenvalue weighted by molar-refractivity contribution is 0.571. The summed E-state index contributed by atoms with van der Waals surface area (Å²) in [6, 6.07) is 3.76. The van der Waals surface area contributed by atoms with Gasteiger partial charge < -0.3 is 5.73 Å². The van der Waals surface area contributed by atoms with Crippen molar-refractivity contribution in [1.82, 2.24) is 20.0 Å². The Hall–Kier alpha value is -2.96. The molecule has 0 amide bonds. The standard InChI is InChI=1S/C13H21N5.C9H8F2/c1-4-6-11-10(8-15-18(11)7-5-2)12-9(3)13(14)17-16-12;1-6(2)9-7(10)4-3-5-8(9)11/h8H,4-7H2,1-3H3,(H3,14,16,17);3-5H,1H2,2H3. The molecular formula is C22H29F2N5. The summed E-state index contributed by atoms with van der Waals surface area (Å²) < 4.78 is 27.7. The molecule has 5 nitrogen and oxygen atoms in total. The summed E-state index contributed by atoms with van der Waals surface area (Å²) in [7, 11) is 0. The van der Waals surface area contributed by atoms with Crippen LogP contribution in [0.2, 0.25) is 0 Å². The van der Waals surface area contributed by atoms with Crippen molar-refractivity contribution in [1.29, 1.82) is 0 Å². The normalized spacial score (nSPS) is 10.6. The molecular weight excluding hydrogens is 372 g/mol. The zero-order valence-corrected chi connectivity index (χ0v) is 17.5. The highest BCUT2D eigenvalue weighted by atomic mass is 19.1. The number of halogens is 2. The second-order valence-electron chi connectivity index (χ2n) is 6.96. The van der Waals surface area contributed by atoms with Gasteiger partial charge in [-0.2, -0.15) is 10.2 Å². The highest BCUT2D eigenvalue weighted by Crippen LogP contribution is 2.28. The molecule has 2 heterocycles. The average molecular weight is 402 g/mol. The second kappa shape index (κ2) is 10.0. The number of nitrogens with two attached hydrogens (primary N) is 1. The van der Waals surface area contributed by atoms with E-state index in [1.807, 2.05) is 13.1 Å². The molecule has 0 aliphatic rings. The molecule has 0 saturated heterocycles. The van der Waals surface area contributed by atoms with Gasteiger partial charge in [0.05, 0.1) is 11.9 Å². The Balaban J connectivity index is 0.000000234. The van der Waals surface area contributed by atoms with E-state index in [1.165, 1.54) is 23.9 Å². The van der Waals surface area contributed by atoms with Crippen molar-refractivity contribution in [2.24, 2.45) is 0 Å². The van der Waals surface area contributed by atoms with Crippen LogP contribution in [0.15, 0.2) is 31.0 Å². The smallest absolute Gasteiger partial charge is 0.148 e. The van der Waals surface area contributed by atoms with Gasteiger partial charge in [0, 0.05) is 28.9 Å². The SMILES string of the molecule is C=C(C)c1c(F)cccc1F.CCCc1c(-c2[nH]nc(N)c2C)cnn1CCC. The van der Waals surface area contributed by atoms with Crippen LogP contribution in [0.25, 0.3) is 16.8 Å². The van der Waals surface area contributed by atoms with Crippen LogP contribution >= 0.6 is 0 Å². The van der Waals surface area contributed by atoms with E-state index < -0.39 is 11.6 Å². The van der Waals surface area contributed by atoms with Crippen LogP contribution in [0, 0.1) is 18.6 Å². The van der Waals surface area contributed by atoms with Gasteiger partial charge in [-0.3, -0.25) is 9.78 Å². The fourth-order valence-corrected chi connectivity index (χ4v) is 3.10. The third-order valence-electron chi connectivity index (χ3n) is 4.58. The van der Waals surface area contributed by atoms with Gasteiger partial charge in [0.15, 0.2) is 0 Å². The molecule has 3 rings (SSSR count). The molecule has 0 aliphatic heterocycles. The van der Waals surface area contributed by atoms with Crippen molar-refractivity contribution in [2.45, 2.75) is 53.5 Å². The van der Waals surface area contributed by atoms with Gasteiger partial charge in [-0.15, -0.1) is 0 Å². The molecule has 0 bridgehead atoms. The number of aromatic nitrogens is 4. The Morgan fingerprint density at radius 1 is 1.21 bits per heavy atom. The molecule has 0 saturated carbocycles. The maximum atomic E-state index is 12.8. The maximum Gasteiger partial charge on any atom is 0.148 e. The number of allylic oxidation sites excluding steroid dienone is 1. The second-order valence-corrected chi connectivity index (χ2v) is 6.96. The largest absolute Gasteiger partial charge is 0.382 e. The van der Waals surface area contributed by atoms with E-state index in [4.69, 9.17) is 5.73 Å². The monoisotopic (exact) mass is 401 g/mol. The Labute approximate surface area is 170 Å². The lowest BCUT2D eigenvalue weighted by Crippen LogP contribution is -2.05. The Kier molecular flexibility index (Phi) is 7.70. The van der Waals surface area contributed by atoms with E-state index in [0.29, 0.717) is 11.4 Å². The van der Waals surface area contributed by atoms with Gasteiger partial charge in [0.1, 0.15) is 17.5 Å². The summed E-state index contributed by atoms with van der Waals surface area (Å²) in [6.45, 7) is 12.3. The molecule has 0 radical (unpaired) electrons. The molecule has 0 atom stereocenters. The third-order valence-corrected chi connectivity index (χ3v) is 4.58. The number of aryl methyl sites for hydroxylation is 1. The molecule has 156 valence electrons. The van der Waals surface area contributed by atoms with E-state index >= 15 is 0 Å². The first-order valence-electron chi connectivity index (χ1n) is 9.77. The lowest BCUT2D eigenvalue weighted by atomic mass is 10.1. The van der Waals surface area contributed by atoms with Crippen molar-refractivity contribution in [2.75, 3.05) is 5.73 Å². The third kappa shape index (κ3) is 5.10. The maximum absolute atomic E-state index is 12.8. The molecule has 0 aliphatic carbocycles. The zero-order chi connectivity index (χ0) is 21.6. The van der Waals surface area contributed by atoms with Gasteiger partial charge in [-0.1, -0.05) is 32.9 Å². The van der Waals surface area contributed by atoms with Crippen LogP contribution in [0.4, 0.5) is 14.6 Å². The van der Waals surface area contributed by atoms with Gasteiger partial charge in [-0.25, -0.2) is 8.78 Å². The van der Waals surface area contributed by atoms with Crippen LogP contribution < -0.4 is 5.73 Å². The van der Waals surface area contributed by atoms with Gasteiger partial charge in [-0.05, 0) is 44.4 Å². The topological polar surface area (TPSA) is 72.5 Å². The van der Waals surface area contributed by atoms with E-state index in [2.05, 4.69) is 40.4 Å². The molecule has 1 aromatic carbocycles. The zero-order valence-electron chi connectivity index (χ0n) is 17.5. The summed E-state index contributed by atoms with van der Waals surface area (Å²) in [4.78, 5) is 0. The van der Waals surface area contributed by atoms with Crippen LogP contribution in [0.5, 0.6) is 0 Å². The number of aromatic amines is 1. The quantitative estimate of drug-likeness (QED) is 0.571. The molecule has 0 fully saturated rings. The summed E-state index contributed by atoms with van der Waals surface area (Å²) in [6.07, 6.45) is 5.13. The number of nitrogens with one attached hydrogen (secondary N) is 1. The van der Waals surface area contributed by atoms with E-state index in [-0.39, 0.29) is 5.56 Å². The predicted molar refractivity (Wildman–Crippen MR) is 114 cm³/mol. The van der Waals surface area contributed by atoms with Gasteiger partial charge in [0.2, 0.25) is 0 Å². The van der Waals surface area contributed by atoms with E-state index in [1.54, 1.807) is 6.92 Å². The minimum absolute atomic E-state index is 0.0208. The van der Waals surface area contributed by atoms with Crippen molar-refractivity contribution in [3.63, 3.8) is 0 Å². The molecule has 29 heavy (non-hydrogen) atoms. The minimum atomic E-state index is -0.558. The summed E-state index contributed by atoms with van der Waals surface area (Å²) in [5.74, 6) is -0.550. The first kappa shape index (κ1) is 22.3. The van der Waals surface area contributed by atoms with Crippen LogP contribution in [-0.4, -0.2) is 20.0 Å². The first-order chi connectivity index (χ1) is 13.8. The van der Waals surface area contributed by atoms with Gasteiger partial charge in [0.25, 0.3) is 0 Å². The minimum Gasteiger partial charge on any atom is -0.382 e. The van der Waals surface area contributed by atoms with Crippen molar-refractivity contribution in [3.8, 4) is 11.3 Å². The van der Waals surface area contributed by atoms with Crippen molar-refractivity contribution < 1.29 is 8.78 Å². The summed E-state index contributed by atoms with van der Waals surface area (Å²) in [5.41, 5.74) is 10.6. The van der Waals surface area contributed by atoms with Crippen molar-refractivity contribution >= 4 is 11.4 Å². The Morgan fingerprint density at radius 2 is 1.86 bits per heavy atom. The number of anilines is 1. The summed E-state index contributed by atoms with van der Waals surface area (Å²) >= 11 is 0. The van der Waals surface area contributed by atoms with Crippen molar-refractivity contribution in [3.05, 3.63) is 59.4 Å². The molecule has 3 aromatic rings. The van der Waals surface area contributed by atoms with Crippen LogP contribution in [0.1, 0.15) is 50.4 Å². The number of benzene rings is 1. The molecule has 2 aromatic heterocycles. The number of H-pyrrole nitrogens is 1. The number of hydrogen-bond donors (Lipinski definition) is 2. The Bertz CT molecular complexity index is 951. The highest BCUT2D eigenvalue weighted by Gasteiger charge is 2.16. The van der Waals surface area contributed by atoms with Gasteiger partial charge >= 0.3 is 0 Å². The number of rotatable bonds is 6. The first-order valence-corrected chi connectivity index (χ1v) is 9.77. The molecule has 7 heteroatoms. The lowest BCUT2D eigenvalue weighted by Gasteiger charge is -2.07. The van der Waals surface area contributed by atoms with Crippen LogP contribution in [0.3, 0.4) is 0 Å². The Morgan fingerprint density at radius 3 is 2.31 bits per heavy atom. The fraction of sp³-hybridized carbons (Fsp3) is 0.364.